The van der Waals surface area contributed by atoms with Gasteiger partial charge in [-0.25, -0.2) is 4.98 Å². The molecule has 0 bridgehead atoms. The van der Waals surface area contributed by atoms with Gasteiger partial charge in [-0.15, -0.1) is 0 Å². The zero-order valence-electron chi connectivity index (χ0n) is 9.94. The molecule has 2 aromatic rings. The number of nitrogens with two attached hydrogens (primary N) is 1. The summed E-state index contributed by atoms with van der Waals surface area (Å²) in [6, 6.07) is 10.3. The van der Waals surface area contributed by atoms with Gasteiger partial charge in [0.2, 0.25) is 0 Å². The van der Waals surface area contributed by atoms with E-state index in [1.165, 1.54) is 11.1 Å². The Morgan fingerprint density at radius 2 is 2.06 bits per heavy atom. The van der Waals surface area contributed by atoms with Crippen LogP contribution in [-0.2, 0) is 13.0 Å². The van der Waals surface area contributed by atoms with Gasteiger partial charge < -0.3 is 10.6 Å². The van der Waals surface area contributed by atoms with E-state index in [1.807, 2.05) is 24.4 Å². The number of hydrogen-bond acceptors (Lipinski definition) is 3. The lowest BCUT2D eigenvalue weighted by Crippen LogP contribution is -2.31. The summed E-state index contributed by atoms with van der Waals surface area (Å²) in [6.07, 6.45) is 2.89. The third kappa shape index (κ3) is 2.20. The van der Waals surface area contributed by atoms with Crippen LogP contribution in [0.3, 0.4) is 0 Å². The first-order valence-electron chi connectivity index (χ1n) is 5.96. The number of pyridine rings is 1. The molecule has 0 aliphatic carbocycles. The van der Waals surface area contributed by atoms with Crippen LogP contribution in [0, 0.1) is 0 Å². The van der Waals surface area contributed by atoms with E-state index in [0.717, 1.165) is 35.5 Å². The molecule has 1 aromatic heterocycles. The quantitative estimate of drug-likeness (QED) is 0.824. The Hall–Kier alpha value is -1.55. The van der Waals surface area contributed by atoms with Gasteiger partial charge in [0, 0.05) is 29.4 Å². The summed E-state index contributed by atoms with van der Waals surface area (Å²) >= 11 is 3.41. The summed E-state index contributed by atoms with van der Waals surface area (Å²) in [5.74, 6) is 1.02. The molecule has 1 aliphatic rings. The Morgan fingerprint density at radius 3 is 2.83 bits per heavy atom. The van der Waals surface area contributed by atoms with Crippen LogP contribution >= 0.6 is 15.9 Å². The van der Waals surface area contributed by atoms with Crippen LogP contribution in [0.4, 0.5) is 11.5 Å². The van der Waals surface area contributed by atoms with Crippen molar-refractivity contribution in [3.8, 4) is 0 Å². The minimum absolute atomic E-state index is 0.833. The van der Waals surface area contributed by atoms with Crippen molar-refractivity contribution in [2.75, 3.05) is 17.2 Å². The highest BCUT2D eigenvalue weighted by Gasteiger charge is 2.17. The van der Waals surface area contributed by atoms with Gasteiger partial charge in [0.15, 0.2) is 0 Å². The summed E-state index contributed by atoms with van der Waals surface area (Å²) in [7, 11) is 0. The number of benzene rings is 1. The molecule has 4 heteroatoms. The average Bonchev–Trinajstić information content (AvgIpc) is 2.38. The summed E-state index contributed by atoms with van der Waals surface area (Å²) < 4.78 is 1.01. The number of halogens is 1. The third-order valence-corrected chi connectivity index (χ3v) is 3.75. The number of rotatable bonds is 1. The highest BCUT2D eigenvalue weighted by Crippen LogP contribution is 2.25. The summed E-state index contributed by atoms with van der Waals surface area (Å²) in [5.41, 5.74) is 9.39. The summed E-state index contributed by atoms with van der Waals surface area (Å²) in [5, 5.41) is 0. The molecule has 92 valence electrons. The van der Waals surface area contributed by atoms with Crippen molar-refractivity contribution in [2.45, 2.75) is 13.0 Å². The number of nitrogens with zero attached hydrogens (tertiary/aromatic N) is 2. The molecule has 1 aliphatic heterocycles. The second-order valence-electron chi connectivity index (χ2n) is 4.53. The highest BCUT2D eigenvalue weighted by atomic mass is 79.9. The van der Waals surface area contributed by atoms with Gasteiger partial charge in [0.1, 0.15) is 5.82 Å². The van der Waals surface area contributed by atoms with Crippen LogP contribution in [0.2, 0.25) is 0 Å². The molecule has 0 saturated carbocycles. The van der Waals surface area contributed by atoms with Gasteiger partial charge in [-0.3, -0.25) is 0 Å². The number of aromatic nitrogens is 1. The lowest BCUT2D eigenvalue weighted by molar-refractivity contribution is 0.721. The van der Waals surface area contributed by atoms with Crippen molar-refractivity contribution in [2.24, 2.45) is 0 Å². The van der Waals surface area contributed by atoms with Crippen LogP contribution in [0.5, 0.6) is 0 Å². The molecule has 18 heavy (non-hydrogen) atoms. The molecule has 1 aromatic carbocycles. The first-order valence-corrected chi connectivity index (χ1v) is 6.75. The minimum atomic E-state index is 0.833. The van der Waals surface area contributed by atoms with Crippen molar-refractivity contribution in [3.05, 3.63) is 52.1 Å². The van der Waals surface area contributed by atoms with Crippen LogP contribution in [0.25, 0.3) is 0 Å². The van der Waals surface area contributed by atoms with Crippen molar-refractivity contribution in [1.29, 1.82) is 0 Å². The molecule has 0 radical (unpaired) electrons. The van der Waals surface area contributed by atoms with E-state index in [-0.39, 0.29) is 0 Å². The van der Waals surface area contributed by atoms with E-state index in [2.05, 4.69) is 37.9 Å². The first kappa shape index (κ1) is 11.5. The second-order valence-corrected chi connectivity index (χ2v) is 5.45. The van der Waals surface area contributed by atoms with Crippen LogP contribution in [0.15, 0.2) is 41.0 Å². The fourth-order valence-electron chi connectivity index (χ4n) is 2.33. The number of anilines is 2. The predicted molar refractivity (Wildman–Crippen MR) is 77.5 cm³/mol. The topological polar surface area (TPSA) is 42.1 Å². The second kappa shape index (κ2) is 4.61. The van der Waals surface area contributed by atoms with E-state index in [9.17, 15) is 0 Å². The van der Waals surface area contributed by atoms with Crippen LogP contribution < -0.4 is 10.6 Å². The van der Waals surface area contributed by atoms with Gasteiger partial charge >= 0.3 is 0 Å². The van der Waals surface area contributed by atoms with Gasteiger partial charge in [0.05, 0.1) is 0 Å². The molecule has 2 N–H and O–H groups in total. The smallest absolute Gasteiger partial charge is 0.128 e. The lowest BCUT2D eigenvalue weighted by atomic mass is 9.99. The molecule has 0 saturated heterocycles. The fraction of sp³-hybridized carbons (Fsp3) is 0.214. The Labute approximate surface area is 115 Å². The van der Waals surface area contributed by atoms with Crippen LogP contribution in [-0.4, -0.2) is 11.5 Å². The molecule has 0 fully saturated rings. The van der Waals surface area contributed by atoms with Crippen molar-refractivity contribution >= 4 is 27.4 Å². The molecule has 3 nitrogen and oxygen atoms in total. The number of nitrogen functional groups attached to an aromatic ring is 1. The Balaban J connectivity index is 1.88. The molecule has 0 unspecified atom stereocenters. The molecule has 0 atom stereocenters. The Morgan fingerprint density at radius 1 is 1.17 bits per heavy atom. The fourth-order valence-corrected chi connectivity index (χ4v) is 2.56. The molecule has 3 rings (SSSR count). The maximum absolute atomic E-state index is 5.85. The largest absolute Gasteiger partial charge is 0.399 e. The van der Waals surface area contributed by atoms with E-state index in [0.29, 0.717) is 0 Å². The monoisotopic (exact) mass is 303 g/mol. The van der Waals surface area contributed by atoms with Crippen molar-refractivity contribution in [1.82, 2.24) is 4.98 Å². The molecule has 0 spiro atoms. The van der Waals surface area contributed by atoms with Crippen molar-refractivity contribution < 1.29 is 0 Å². The van der Waals surface area contributed by atoms with Gasteiger partial charge in [-0.1, -0.05) is 6.07 Å². The van der Waals surface area contributed by atoms with Gasteiger partial charge in [-0.05, 0) is 57.7 Å². The molecular formula is C14H14BrN3. The Bertz CT molecular complexity index is 566. The Kier molecular flexibility index (Phi) is 2.96. The zero-order chi connectivity index (χ0) is 12.5. The van der Waals surface area contributed by atoms with Crippen LogP contribution in [0.1, 0.15) is 11.1 Å². The van der Waals surface area contributed by atoms with Gasteiger partial charge in [0.25, 0.3) is 0 Å². The van der Waals surface area contributed by atoms with E-state index in [4.69, 9.17) is 5.73 Å². The summed E-state index contributed by atoms with van der Waals surface area (Å²) in [4.78, 5) is 6.73. The highest BCUT2D eigenvalue weighted by molar-refractivity contribution is 9.10. The summed E-state index contributed by atoms with van der Waals surface area (Å²) in [6.45, 7) is 1.89. The molecule has 2 heterocycles. The van der Waals surface area contributed by atoms with Crippen molar-refractivity contribution in [3.63, 3.8) is 0 Å². The lowest BCUT2D eigenvalue weighted by Gasteiger charge is -2.30. The number of hydrogen-bond donors (Lipinski definition) is 1. The molecular weight excluding hydrogens is 290 g/mol. The number of fused-ring (bicyclic) bond motifs is 1. The zero-order valence-corrected chi connectivity index (χ0v) is 11.5. The van der Waals surface area contributed by atoms with E-state index < -0.39 is 0 Å². The maximum Gasteiger partial charge on any atom is 0.128 e. The SMILES string of the molecule is Nc1ccc2c(c1)CN(c1ccc(Br)cn1)CC2. The maximum atomic E-state index is 5.85. The molecule has 0 amide bonds. The average molecular weight is 304 g/mol. The predicted octanol–water partition coefficient (Wildman–Crippen LogP) is 2.99. The van der Waals surface area contributed by atoms with Gasteiger partial charge in [-0.2, -0.15) is 0 Å². The standard InChI is InChI=1S/C14H14BrN3/c15-12-2-4-14(17-8-12)18-6-5-10-1-3-13(16)7-11(10)9-18/h1-4,7-8H,5-6,9,16H2. The van der Waals surface area contributed by atoms with E-state index >= 15 is 0 Å². The minimum Gasteiger partial charge on any atom is -0.399 e. The van der Waals surface area contributed by atoms with E-state index in [1.54, 1.807) is 0 Å². The third-order valence-electron chi connectivity index (χ3n) is 3.28. The first-order chi connectivity index (χ1) is 8.72. The normalized spacial score (nSPS) is 14.4.